The summed E-state index contributed by atoms with van der Waals surface area (Å²) in [6, 6.07) is -1.02. The van der Waals surface area contributed by atoms with Crippen LogP contribution in [0.5, 0.6) is 0 Å². The number of unbranched alkanes of at least 4 members (excludes halogenated alkanes) is 29. The molecule has 0 bridgehead atoms. The smallest absolute Gasteiger partial charge is 0.249 e. The Morgan fingerprint density at radius 3 is 1.16 bits per heavy atom. The molecular formula is C55H101NO5. The average molecular weight is 856 g/mol. The molecular weight excluding hydrogens is 755 g/mol. The van der Waals surface area contributed by atoms with E-state index in [9.17, 15) is 25.2 Å². The minimum atomic E-state index is -1.30. The number of carbonyl (C=O) groups excluding carboxylic acids is 1. The van der Waals surface area contributed by atoms with Crippen molar-refractivity contribution in [2.24, 2.45) is 0 Å². The van der Waals surface area contributed by atoms with Crippen LogP contribution in [0, 0.1) is 0 Å². The molecule has 0 aliphatic heterocycles. The summed E-state index contributed by atoms with van der Waals surface area (Å²) in [7, 11) is 0. The van der Waals surface area contributed by atoms with Crippen LogP contribution in [0.15, 0.2) is 60.8 Å². The Morgan fingerprint density at radius 1 is 0.410 bits per heavy atom. The van der Waals surface area contributed by atoms with Gasteiger partial charge in [0.15, 0.2) is 0 Å². The first-order valence-corrected chi connectivity index (χ1v) is 26.2. The zero-order chi connectivity index (χ0) is 44.5. The predicted molar refractivity (Wildman–Crippen MR) is 265 cm³/mol. The van der Waals surface area contributed by atoms with Crippen molar-refractivity contribution in [3.05, 3.63) is 60.8 Å². The molecule has 61 heavy (non-hydrogen) atoms. The molecule has 0 aliphatic rings. The van der Waals surface area contributed by atoms with Crippen LogP contribution in [0.1, 0.15) is 251 Å². The van der Waals surface area contributed by atoms with E-state index in [1.54, 1.807) is 0 Å². The lowest BCUT2D eigenvalue weighted by Crippen LogP contribution is -2.53. The van der Waals surface area contributed by atoms with Gasteiger partial charge in [-0.05, 0) is 89.9 Å². The van der Waals surface area contributed by atoms with Crippen molar-refractivity contribution in [3.8, 4) is 0 Å². The van der Waals surface area contributed by atoms with E-state index in [0.29, 0.717) is 19.3 Å². The lowest BCUT2D eigenvalue weighted by molar-refractivity contribution is -0.132. The summed E-state index contributed by atoms with van der Waals surface area (Å²) in [5.41, 5.74) is 0. The number of amides is 1. The number of carbonyl (C=O) groups is 1. The zero-order valence-corrected chi connectivity index (χ0v) is 40.2. The molecule has 0 spiro atoms. The van der Waals surface area contributed by atoms with Crippen molar-refractivity contribution >= 4 is 5.91 Å². The Balaban J connectivity index is 3.72. The molecule has 0 heterocycles. The van der Waals surface area contributed by atoms with Gasteiger partial charge in [-0.2, -0.15) is 0 Å². The number of aliphatic hydroxyl groups excluding tert-OH is 4. The van der Waals surface area contributed by atoms with Gasteiger partial charge in [0.25, 0.3) is 0 Å². The third-order valence-corrected chi connectivity index (χ3v) is 11.9. The maximum atomic E-state index is 12.5. The quantitative estimate of drug-likeness (QED) is 0.0238. The van der Waals surface area contributed by atoms with E-state index in [0.717, 1.165) is 77.0 Å². The van der Waals surface area contributed by atoms with E-state index in [1.807, 2.05) is 0 Å². The molecule has 0 aromatic heterocycles. The lowest BCUT2D eigenvalue weighted by atomic mass is 10.00. The summed E-state index contributed by atoms with van der Waals surface area (Å²) in [5, 5.41) is 43.7. The molecule has 0 aromatic rings. The van der Waals surface area contributed by atoms with E-state index < -0.39 is 36.9 Å². The summed E-state index contributed by atoms with van der Waals surface area (Å²) in [6.07, 6.45) is 62.9. The highest BCUT2D eigenvalue weighted by Gasteiger charge is 2.28. The number of nitrogens with one attached hydrogen (secondary N) is 1. The number of aliphatic hydroxyl groups is 4. The zero-order valence-electron chi connectivity index (χ0n) is 40.2. The van der Waals surface area contributed by atoms with Gasteiger partial charge in [0.1, 0.15) is 12.2 Å². The van der Waals surface area contributed by atoms with Crippen molar-refractivity contribution < 1.29 is 25.2 Å². The summed E-state index contributed by atoms with van der Waals surface area (Å²) in [4.78, 5) is 12.5. The highest BCUT2D eigenvalue weighted by atomic mass is 16.3. The Morgan fingerprint density at radius 2 is 0.738 bits per heavy atom. The first-order chi connectivity index (χ1) is 30.0. The Labute approximate surface area is 378 Å². The van der Waals surface area contributed by atoms with Gasteiger partial charge in [-0.1, -0.05) is 222 Å². The molecule has 0 rings (SSSR count). The molecule has 0 fully saturated rings. The van der Waals surface area contributed by atoms with E-state index >= 15 is 0 Å². The third kappa shape index (κ3) is 43.1. The molecule has 0 saturated heterocycles. The van der Waals surface area contributed by atoms with E-state index in [2.05, 4.69) is 79.9 Å². The largest absolute Gasteiger partial charge is 0.394 e. The second kappa shape index (κ2) is 49.0. The Hall–Kier alpha value is -1.99. The van der Waals surface area contributed by atoms with Crippen LogP contribution in [0.4, 0.5) is 0 Å². The first-order valence-electron chi connectivity index (χ1n) is 26.2. The molecule has 0 saturated carbocycles. The van der Waals surface area contributed by atoms with Gasteiger partial charge >= 0.3 is 0 Å². The molecule has 0 radical (unpaired) electrons. The molecule has 5 N–H and O–H groups in total. The van der Waals surface area contributed by atoms with Crippen LogP contribution in [-0.4, -0.2) is 57.3 Å². The van der Waals surface area contributed by atoms with Crippen LogP contribution >= 0.6 is 0 Å². The lowest BCUT2D eigenvalue weighted by Gasteiger charge is -2.27. The summed E-state index contributed by atoms with van der Waals surface area (Å²) in [6.45, 7) is 4.00. The SMILES string of the molecule is CCCCC/C=C\C=C/CCCCCCCC(O)C(=O)NC(CO)C(O)C(O)CCC/C=C/CC/C=C/CC/C=C/CCCCCCCCCCCCCCCCCCCC. The molecule has 4 unspecified atom stereocenters. The molecule has 6 nitrogen and oxygen atoms in total. The van der Waals surface area contributed by atoms with Gasteiger partial charge in [-0.15, -0.1) is 0 Å². The fraction of sp³-hybridized carbons (Fsp3) is 0.800. The standard InChI is InChI=1S/C55H101NO5/c1-3-5-7-9-11-13-15-17-19-20-21-22-23-24-25-26-27-28-29-30-31-32-33-34-35-37-38-40-42-44-46-48-52(58)54(60)51(50-57)56-55(61)53(59)49-47-45-43-41-39-36-18-16-14-12-10-8-6-4-2/h12,14,16,18,30-31,34-35,40,42,51-54,57-60H,3-11,13,15,17,19-29,32-33,36-39,41,43-50H2,1-2H3,(H,56,61)/b14-12-,18-16-,31-30+,35-34+,42-40+. The van der Waals surface area contributed by atoms with Gasteiger partial charge in [0.2, 0.25) is 5.91 Å². The topological polar surface area (TPSA) is 110 Å². The molecule has 4 atom stereocenters. The maximum absolute atomic E-state index is 12.5. The molecule has 1 amide bonds. The maximum Gasteiger partial charge on any atom is 0.249 e. The minimum Gasteiger partial charge on any atom is -0.394 e. The van der Waals surface area contributed by atoms with E-state index in [-0.39, 0.29) is 0 Å². The molecule has 0 aliphatic carbocycles. The van der Waals surface area contributed by atoms with E-state index in [1.165, 1.54) is 141 Å². The van der Waals surface area contributed by atoms with Crippen LogP contribution in [0.25, 0.3) is 0 Å². The van der Waals surface area contributed by atoms with Crippen molar-refractivity contribution in [2.45, 2.75) is 276 Å². The fourth-order valence-corrected chi connectivity index (χ4v) is 7.78. The summed E-state index contributed by atoms with van der Waals surface area (Å²) >= 11 is 0. The van der Waals surface area contributed by atoms with Crippen molar-refractivity contribution in [1.29, 1.82) is 0 Å². The minimum absolute atomic E-state index is 0.338. The number of hydrogen-bond donors (Lipinski definition) is 5. The average Bonchev–Trinajstić information content (AvgIpc) is 3.26. The fourth-order valence-electron chi connectivity index (χ4n) is 7.78. The third-order valence-electron chi connectivity index (χ3n) is 11.9. The van der Waals surface area contributed by atoms with Gasteiger partial charge in [-0.25, -0.2) is 0 Å². The van der Waals surface area contributed by atoms with Gasteiger partial charge in [0, 0.05) is 0 Å². The van der Waals surface area contributed by atoms with Gasteiger partial charge < -0.3 is 25.7 Å². The van der Waals surface area contributed by atoms with Crippen LogP contribution in [-0.2, 0) is 4.79 Å². The molecule has 356 valence electrons. The van der Waals surface area contributed by atoms with Crippen molar-refractivity contribution in [2.75, 3.05) is 6.61 Å². The Kier molecular flexibility index (Phi) is 47.4. The van der Waals surface area contributed by atoms with Gasteiger partial charge in [0.05, 0.1) is 18.8 Å². The second-order valence-electron chi connectivity index (χ2n) is 17.9. The Bertz CT molecular complexity index is 1050. The van der Waals surface area contributed by atoms with E-state index in [4.69, 9.17) is 0 Å². The van der Waals surface area contributed by atoms with Crippen molar-refractivity contribution in [1.82, 2.24) is 5.32 Å². The van der Waals surface area contributed by atoms with Crippen LogP contribution < -0.4 is 5.32 Å². The monoisotopic (exact) mass is 856 g/mol. The highest BCUT2D eigenvalue weighted by Crippen LogP contribution is 2.16. The normalized spacial score (nSPS) is 14.4. The number of hydrogen-bond acceptors (Lipinski definition) is 5. The first kappa shape index (κ1) is 59.0. The molecule has 0 aromatic carbocycles. The highest BCUT2D eigenvalue weighted by molar-refractivity contribution is 5.80. The van der Waals surface area contributed by atoms with Gasteiger partial charge in [-0.3, -0.25) is 4.79 Å². The summed E-state index contributed by atoms with van der Waals surface area (Å²) < 4.78 is 0. The van der Waals surface area contributed by atoms with Crippen LogP contribution in [0.3, 0.4) is 0 Å². The predicted octanol–water partition coefficient (Wildman–Crippen LogP) is 14.8. The number of allylic oxidation sites excluding steroid dienone is 10. The molecule has 6 heteroatoms. The number of rotatable bonds is 47. The summed E-state index contributed by atoms with van der Waals surface area (Å²) in [5.74, 6) is -0.613. The van der Waals surface area contributed by atoms with Crippen molar-refractivity contribution in [3.63, 3.8) is 0 Å². The van der Waals surface area contributed by atoms with Crippen LogP contribution in [0.2, 0.25) is 0 Å². The second-order valence-corrected chi connectivity index (χ2v) is 17.9.